The van der Waals surface area contributed by atoms with Crippen molar-refractivity contribution in [3.63, 3.8) is 0 Å². The van der Waals surface area contributed by atoms with Gasteiger partial charge in [-0.25, -0.2) is 0 Å². The van der Waals surface area contributed by atoms with E-state index in [0.717, 1.165) is 105 Å². The molecule has 0 unspecified atom stereocenters. The molecule has 8 fully saturated rings. The maximum Gasteiger partial charge on any atom is 0.155 e. The topological polar surface area (TPSA) is 79.8 Å². The summed E-state index contributed by atoms with van der Waals surface area (Å²) in [6.07, 6.45) is 26.3. The Hall–Kier alpha value is -1.57. The second-order valence-electron chi connectivity index (χ2n) is 25.1. The van der Waals surface area contributed by atoms with Crippen LogP contribution in [0, 0.1) is 70.0 Å². The molecule has 0 aromatic carbocycles. The fourth-order valence-corrected chi connectivity index (χ4v) is 18.3. The van der Waals surface area contributed by atoms with E-state index in [1.54, 1.807) is 27.9 Å². The Labute approximate surface area is 383 Å². The lowest BCUT2D eigenvalue weighted by Crippen LogP contribution is -2.48. The average molecular weight is 865 g/mol. The Bertz CT molecular complexity index is 1950. The number of allylic oxidation sites excluding steroid dienone is 5. The van der Waals surface area contributed by atoms with Crippen LogP contribution in [0.3, 0.4) is 0 Å². The van der Waals surface area contributed by atoms with Crippen LogP contribution in [0.4, 0.5) is 0 Å². The molecule has 6 heteroatoms. The normalized spacial score (nSPS) is 52.0. The van der Waals surface area contributed by atoms with E-state index >= 15 is 0 Å². The molecule has 4 saturated carbocycles. The molecule has 3 N–H and O–H groups in total. The monoisotopic (exact) mass is 865 g/mol. The van der Waals surface area contributed by atoms with E-state index in [1.165, 1.54) is 76.2 Å². The van der Waals surface area contributed by atoms with Crippen LogP contribution in [0.2, 0.25) is 0 Å². The summed E-state index contributed by atoms with van der Waals surface area (Å²) in [5.41, 5.74) is 10.7. The molecule has 6 nitrogen and oxygen atoms in total. The molecule has 2 spiro atoms. The van der Waals surface area contributed by atoms with Crippen molar-refractivity contribution in [3.8, 4) is 0 Å². The van der Waals surface area contributed by atoms with Gasteiger partial charge in [-0.1, -0.05) is 88.5 Å². The highest BCUT2D eigenvalue weighted by Gasteiger charge is 2.60. The second kappa shape index (κ2) is 16.3. The van der Waals surface area contributed by atoms with E-state index in [4.69, 9.17) is 9.47 Å². The fraction of sp³-hybridized carbons (Fsp3) is 0.842. The van der Waals surface area contributed by atoms with Crippen molar-refractivity contribution in [1.82, 2.24) is 10.6 Å². The van der Waals surface area contributed by atoms with Crippen molar-refractivity contribution in [1.29, 1.82) is 0 Å². The molecule has 12 aliphatic rings. The molecule has 350 valence electrons. The minimum absolute atomic E-state index is 0. The minimum Gasteiger partial charge on any atom is -0.393 e. The highest BCUT2D eigenvalue weighted by atomic mass is 16.5. The number of carbonyl (C=O) groups excluding carboxylic acids is 1. The number of aliphatic hydroxyl groups is 1. The van der Waals surface area contributed by atoms with Gasteiger partial charge >= 0.3 is 0 Å². The van der Waals surface area contributed by atoms with Crippen molar-refractivity contribution in [2.24, 2.45) is 70.0 Å². The van der Waals surface area contributed by atoms with E-state index in [9.17, 15) is 9.90 Å². The zero-order valence-corrected chi connectivity index (χ0v) is 40.1. The molecular formula is C57H88N2O4. The summed E-state index contributed by atoms with van der Waals surface area (Å²) >= 11 is 0. The van der Waals surface area contributed by atoms with Gasteiger partial charge in [-0.2, -0.15) is 0 Å². The van der Waals surface area contributed by atoms with Gasteiger partial charge in [0.2, 0.25) is 0 Å². The lowest BCUT2D eigenvalue weighted by Gasteiger charge is -2.49. The van der Waals surface area contributed by atoms with Crippen molar-refractivity contribution in [2.45, 2.75) is 220 Å². The highest BCUT2D eigenvalue weighted by molar-refractivity contribution is 5.91. The van der Waals surface area contributed by atoms with Gasteiger partial charge in [0.05, 0.1) is 29.5 Å². The van der Waals surface area contributed by atoms with E-state index in [0.29, 0.717) is 47.3 Å². The number of ketones is 1. The van der Waals surface area contributed by atoms with Gasteiger partial charge < -0.3 is 25.2 Å². The summed E-state index contributed by atoms with van der Waals surface area (Å²) in [6.45, 7) is 21.9. The van der Waals surface area contributed by atoms with Crippen molar-refractivity contribution in [2.75, 3.05) is 13.1 Å². The summed E-state index contributed by atoms with van der Waals surface area (Å²) in [5, 5.41) is 18.0. The third-order valence-corrected chi connectivity index (χ3v) is 22.0. The zero-order chi connectivity index (χ0) is 43.1. The summed E-state index contributed by atoms with van der Waals surface area (Å²) in [5.74, 6) is 7.69. The molecule has 0 aromatic rings. The number of piperidine rings is 2. The number of rotatable bonds is 0. The quantitative estimate of drug-likeness (QED) is 0.211. The number of ether oxygens (including phenoxy) is 2. The molecule has 0 radical (unpaired) electrons. The van der Waals surface area contributed by atoms with Crippen LogP contribution in [0.15, 0.2) is 45.6 Å². The van der Waals surface area contributed by atoms with Crippen LogP contribution in [0.5, 0.6) is 0 Å². The first kappa shape index (κ1) is 45.2. The van der Waals surface area contributed by atoms with E-state index in [1.807, 2.05) is 6.08 Å². The van der Waals surface area contributed by atoms with Gasteiger partial charge in [-0.15, -0.1) is 0 Å². The molecule has 0 aromatic heterocycles. The summed E-state index contributed by atoms with van der Waals surface area (Å²) < 4.78 is 14.0. The lowest BCUT2D eigenvalue weighted by atomic mass is 9.56. The fourth-order valence-electron chi connectivity index (χ4n) is 18.3. The first-order valence-electron chi connectivity index (χ1n) is 26.4. The molecule has 12 rings (SSSR count). The summed E-state index contributed by atoms with van der Waals surface area (Å²) in [7, 11) is 0. The Morgan fingerprint density at radius 3 is 1.79 bits per heavy atom. The molecule has 0 bridgehead atoms. The predicted molar refractivity (Wildman–Crippen MR) is 255 cm³/mol. The van der Waals surface area contributed by atoms with Crippen LogP contribution in [-0.2, 0) is 14.3 Å². The van der Waals surface area contributed by atoms with Crippen LogP contribution >= 0.6 is 0 Å². The largest absolute Gasteiger partial charge is 0.393 e. The standard InChI is InChI=1S/C28H43NO2.C28H41NO2.CH4/c2*1-16-11-25-26(29-15-16)18(3)28(31-25)10-8-21-22-6-5-19-12-20(30)7-9-27(19,4)24(22)13-23(21)17(2)14-28;/h5,16,18,20-22,24-26,29-30H,6-15H2,1-4H3;12,16,18,21-22,24-26,29H,5-11,13-15H2,1-4H3;1H4/t16-,18+,20-,21-,22-,24-,25+,26-,27-,28-;16-,18+,21-,22-,24-,25+,26-,27-,28-;/m00./s1. The van der Waals surface area contributed by atoms with Gasteiger partial charge in [0.15, 0.2) is 5.78 Å². The summed E-state index contributed by atoms with van der Waals surface area (Å²) in [6, 6.07) is 1.09. The third-order valence-electron chi connectivity index (χ3n) is 22.0. The Kier molecular flexibility index (Phi) is 11.7. The molecular weight excluding hydrogens is 777 g/mol. The van der Waals surface area contributed by atoms with Gasteiger partial charge in [-0.3, -0.25) is 4.79 Å². The number of carbonyl (C=O) groups is 1. The van der Waals surface area contributed by atoms with Crippen LogP contribution < -0.4 is 10.6 Å². The van der Waals surface area contributed by atoms with E-state index in [-0.39, 0.29) is 30.1 Å². The maximum absolute atomic E-state index is 12.1. The predicted octanol–water partition coefficient (Wildman–Crippen LogP) is 11.6. The Morgan fingerprint density at radius 1 is 0.667 bits per heavy atom. The number of nitrogens with one attached hydrogen (secondary N) is 2. The maximum atomic E-state index is 12.1. The molecule has 63 heavy (non-hydrogen) atoms. The molecule has 19 atom stereocenters. The van der Waals surface area contributed by atoms with Gasteiger partial charge in [0, 0.05) is 30.3 Å². The van der Waals surface area contributed by atoms with Crippen molar-refractivity contribution < 1.29 is 19.4 Å². The number of hydrogen-bond acceptors (Lipinski definition) is 6. The Morgan fingerprint density at radius 2 is 1.21 bits per heavy atom. The van der Waals surface area contributed by atoms with Crippen LogP contribution in [0.25, 0.3) is 0 Å². The number of aliphatic hydroxyl groups excluding tert-OH is 1. The molecule has 8 aliphatic carbocycles. The SMILES string of the molecule is C.CC1=C2C[C@H]3[C@@H](CC=C4C[C@@H](O)CC[C@@]43C)[C@@H]2CC[C@@]2(C1)O[C@@H]1C[C@H](C)CN[C@H]1[C@H]2C.CC1=C2C[C@H]3[C@@H](CCC4=CC(=O)CC[C@@]43C)[C@@H]2CC[C@@]2(C1)O[C@@H]1C[C@H](C)CN[C@H]1[C@H]2C. The number of hydrogen-bond donors (Lipinski definition) is 3. The highest BCUT2D eigenvalue weighted by Crippen LogP contribution is 2.66. The lowest BCUT2D eigenvalue weighted by molar-refractivity contribution is -0.116. The molecule has 4 heterocycles. The zero-order valence-electron chi connectivity index (χ0n) is 40.1. The van der Waals surface area contributed by atoms with Gasteiger partial charge in [0.25, 0.3) is 0 Å². The first-order valence-corrected chi connectivity index (χ1v) is 26.4. The Balaban J connectivity index is 0.000000147. The smallest absolute Gasteiger partial charge is 0.155 e. The van der Waals surface area contributed by atoms with Crippen LogP contribution in [-0.4, -0.2) is 65.6 Å². The second-order valence-corrected chi connectivity index (χ2v) is 25.1. The van der Waals surface area contributed by atoms with Crippen molar-refractivity contribution >= 4 is 5.78 Å². The van der Waals surface area contributed by atoms with Gasteiger partial charge in [-0.05, 0) is 200 Å². The number of fused-ring (bicyclic) bond motifs is 12. The van der Waals surface area contributed by atoms with Gasteiger partial charge in [0.1, 0.15) is 0 Å². The van der Waals surface area contributed by atoms with Crippen molar-refractivity contribution in [3.05, 3.63) is 45.6 Å². The third kappa shape index (κ3) is 7.10. The van der Waals surface area contributed by atoms with E-state index < -0.39 is 0 Å². The molecule has 4 saturated heterocycles. The first-order chi connectivity index (χ1) is 29.6. The van der Waals surface area contributed by atoms with Crippen LogP contribution in [0.1, 0.15) is 178 Å². The molecule has 0 amide bonds. The van der Waals surface area contributed by atoms with E-state index in [2.05, 4.69) is 72.1 Å². The average Bonchev–Trinajstić information content (AvgIpc) is 3.91. The summed E-state index contributed by atoms with van der Waals surface area (Å²) in [4.78, 5) is 12.1. The molecule has 4 aliphatic heterocycles. The minimum atomic E-state index is -0.107.